The molecule has 2 aromatic carbocycles. The van der Waals surface area contributed by atoms with Crippen LogP contribution < -0.4 is 10.2 Å². The van der Waals surface area contributed by atoms with Gasteiger partial charge in [-0.25, -0.2) is 13.9 Å². The molecule has 39 heavy (non-hydrogen) atoms. The molecule has 1 aliphatic rings. The first-order valence-corrected chi connectivity index (χ1v) is 14.0. The van der Waals surface area contributed by atoms with Crippen molar-refractivity contribution in [1.82, 2.24) is 19.8 Å². The zero-order chi connectivity index (χ0) is 27.7. The second kappa shape index (κ2) is 13.3. The maximum Gasteiger partial charge on any atom is 0.305 e. The van der Waals surface area contributed by atoms with E-state index >= 15 is 0 Å². The monoisotopic (exact) mass is 554 g/mol. The minimum absolute atomic E-state index is 0.00304. The molecule has 2 heterocycles. The highest BCUT2D eigenvalue weighted by atomic mass is 32.2. The summed E-state index contributed by atoms with van der Waals surface area (Å²) in [6, 6.07) is 14.1. The minimum Gasteiger partial charge on any atom is -0.494 e. The summed E-state index contributed by atoms with van der Waals surface area (Å²) < 4.78 is 39.0. The molecule has 1 unspecified atom stereocenters. The van der Waals surface area contributed by atoms with Gasteiger partial charge in [0.25, 0.3) is 5.91 Å². The molecule has 0 fully saturated rings. The Kier molecular flexibility index (Phi) is 9.58. The molecule has 0 bridgehead atoms. The van der Waals surface area contributed by atoms with Crippen molar-refractivity contribution < 1.29 is 32.3 Å². The van der Waals surface area contributed by atoms with E-state index in [1.54, 1.807) is 6.92 Å². The van der Waals surface area contributed by atoms with E-state index in [-0.39, 0.29) is 43.5 Å². The highest BCUT2D eigenvalue weighted by molar-refractivity contribution is 7.89. The molecular formula is C27H30N4O7S. The summed E-state index contributed by atoms with van der Waals surface area (Å²) in [5, 5.41) is 0. The van der Waals surface area contributed by atoms with Gasteiger partial charge < -0.3 is 9.47 Å². The SMILES string of the molecule is CCOC(=O)CCCOc1ccc(S(=O)(=O)N2Cc3nccnc3CC2C(=O)NOCc2ccccc2)cc1. The number of rotatable bonds is 12. The Balaban J connectivity index is 1.44. The van der Waals surface area contributed by atoms with Crippen molar-refractivity contribution in [2.45, 2.75) is 50.3 Å². The number of hydroxylamine groups is 1. The fourth-order valence-corrected chi connectivity index (χ4v) is 5.58. The molecular weight excluding hydrogens is 524 g/mol. The van der Waals surface area contributed by atoms with Gasteiger partial charge in [-0.3, -0.25) is 24.4 Å². The number of sulfonamides is 1. The van der Waals surface area contributed by atoms with Crippen LogP contribution in [0.4, 0.5) is 0 Å². The van der Waals surface area contributed by atoms with Gasteiger partial charge in [-0.15, -0.1) is 0 Å². The number of nitrogens with zero attached hydrogens (tertiary/aromatic N) is 3. The lowest BCUT2D eigenvalue weighted by atomic mass is 10.0. The Hall–Kier alpha value is -3.87. The van der Waals surface area contributed by atoms with Crippen molar-refractivity contribution in [3.63, 3.8) is 0 Å². The molecule has 0 aliphatic carbocycles. The van der Waals surface area contributed by atoms with Gasteiger partial charge in [0.2, 0.25) is 10.0 Å². The average molecular weight is 555 g/mol. The smallest absolute Gasteiger partial charge is 0.305 e. The first-order chi connectivity index (χ1) is 18.9. The van der Waals surface area contributed by atoms with Gasteiger partial charge in [0, 0.05) is 25.2 Å². The molecule has 0 saturated carbocycles. The number of aromatic nitrogens is 2. The predicted octanol–water partition coefficient (Wildman–Crippen LogP) is 2.56. The Morgan fingerprint density at radius 1 is 1.03 bits per heavy atom. The standard InChI is InChI=1S/C27H30N4O7S/c1-2-36-26(32)9-6-16-37-21-10-12-22(13-11-21)39(34,35)31-18-24-23(28-14-15-29-24)17-25(31)27(33)30-38-19-20-7-4-3-5-8-20/h3-5,7-8,10-15,25H,2,6,9,16-19H2,1H3,(H,30,33). The third kappa shape index (κ3) is 7.37. The lowest BCUT2D eigenvalue weighted by Gasteiger charge is -2.33. The minimum atomic E-state index is -4.10. The molecule has 1 atom stereocenters. The fourth-order valence-electron chi connectivity index (χ4n) is 4.03. The lowest BCUT2D eigenvalue weighted by molar-refractivity contribution is -0.143. The zero-order valence-electron chi connectivity index (χ0n) is 21.5. The van der Waals surface area contributed by atoms with Crippen LogP contribution in [0.2, 0.25) is 0 Å². The van der Waals surface area contributed by atoms with Crippen LogP contribution in [0.3, 0.4) is 0 Å². The van der Waals surface area contributed by atoms with Crippen molar-refractivity contribution in [2.24, 2.45) is 0 Å². The number of carbonyl (C=O) groups excluding carboxylic acids is 2. The molecule has 3 aromatic rings. The molecule has 0 saturated heterocycles. The number of esters is 1. The maximum absolute atomic E-state index is 13.7. The van der Waals surface area contributed by atoms with E-state index in [4.69, 9.17) is 14.3 Å². The summed E-state index contributed by atoms with van der Waals surface area (Å²) in [5.41, 5.74) is 4.28. The number of carbonyl (C=O) groups is 2. The highest BCUT2D eigenvalue weighted by Gasteiger charge is 2.41. The number of hydrogen-bond donors (Lipinski definition) is 1. The highest BCUT2D eigenvalue weighted by Crippen LogP contribution is 2.28. The van der Waals surface area contributed by atoms with E-state index in [9.17, 15) is 18.0 Å². The van der Waals surface area contributed by atoms with Crippen LogP contribution in [0.25, 0.3) is 0 Å². The van der Waals surface area contributed by atoms with Crippen LogP contribution in [0.5, 0.6) is 5.75 Å². The van der Waals surface area contributed by atoms with E-state index in [1.165, 1.54) is 36.7 Å². The quantitative estimate of drug-likeness (QED) is 0.203. The first-order valence-electron chi connectivity index (χ1n) is 12.5. The van der Waals surface area contributed by atoms with Gasteiger partial charge in [0.1, 0.15) is 11.8 Å². The topological polar surface area (TPSA) is 137 Å². The van der Waals surface area contributed by atoms with E-state index in [0.29, 0.717) is 30.2 Å². The number of fused-ring (bicyclic) bond motifs is 1. The second-order valence-electron chi connectivity index (χ2n) is 8.69. The Labute approximate surface area is 227 Å². The van der Waals surface area contributed by atoms with Gasteiger partial charge >= 0.3 is 5.97 Å². The van der Waals surface area contributed by atoms with Crippen molar-refractivity contribution in [2.75, 3.05) is 13.2 Å². The third-order valence-electron chi connectivity index (χ3n) is 5.99. The fraction of sp³-hybridized carbons (Fsp3) is 0.333. The van der Waals surface area contributed by atoms with Gasteiger partial charge in [-0.2, -0.15) is 4.31 Å². The molecule has 1 aliphatic heterocycles. The van der Waals surface area contributed by atoms with E-state index in [1.807, 2.05) is 30.3 Å². The van der Waals surface area contributed by atoms with Gasteiger partial charge in [0.05, 0.1) is 42.6 Å². The molecule has 206 valence electrons. The Bertz CT molecular complexity index is 1370. The summed E-state index contributed by atoms with van der Waals surface area (Å²) in [7, 11) is -4.10. The summed E-state index contributed by atoms with van der Waals surface area (Å²) in [4.78, 5) is 38.5. The van der Waals surface area contributed by atoms with Gasteiger partial charge in [-0.05, 0) is 43.2 Å². The molecule has 12 heteroatoms. The zero-order valence-corrected chi connectivity index (χ0v) is 22.3. The summed E-state index contributed by atoms with van der Waals surface area (Å²) >= 11 is 0. The number of ether oxygens (including phenoxy) is 2. The molecule has 0 spiro atoms. The first kappa shape index (κ1) is 28.1. The number of amides is 1. The average Bonchev–Trinajstić information content (AvgIpc) is 2.95. The van der Waals surface area contributed by atoms with Crippen LogP contribution >= 0.6 is 0 Å². The van der Waals surface area contributed by atoms with E-state index < -0.39 is 22.0 Å². The van der Waals surface area contributed by atoms with Gasteiger partial charge in [0.15, 0.2) is 0 Å². The number of nitrogens with one attached hydrogen (secondary N) is 1. The predicted molar refractivity (Wildman–Crippen MR) is 139 cm³/mol. The molecule has 0 radical (unpaired) electrons. The summed E-state index contributed by atoms with van der Waals surface area (Å²) in [6.07, 6.45) is 3.75. The Morgan fingerprint density at radius 2 is 1.74 bits per heavy atom. The summed E-state index contributed by atoms with van der Waals surface area (Å²) in [6.45, 7) is 2.36. The number of hydrogen-bond acceptors (Lipinski definition) is 9. The Morgan fingerprint density at radius 3 is 2.46 bits per heavy atom. The van der Waals surface area contributed by atoms with E-state index in [0.717, 1.165) is 9.87 Å². The van der Waals surface area contributed by atoms with Crippen molar-refractivity contribution in [1.29, 1.82) is 0 Å². The lowest BCUT2D eigenvalue weighted by Crippen LogP contribution is -2.52. The van der Waals surface area contributed by atoms with Crippen LogP contribution in [0.1, 0.15) is 36.7 Å². The molecule has 1 aromatic heterocycles. The molecule has 4 rings (SSSR count). The second-order valence-corrected chi connectivity index (χ2v) is 10.6. The maximum atomic E-state index is 13.7. The largest absolute Gasteiger partial charge is 0.494 e. The number of benzene rings is 2. The van der Waals surface area contributed by atoms with Gasteiger partial charge in [-0.1, -0.05) is 30.3 Å². The van der Waals surface area contributed by atoms with Crippen LogP contribution in [-0.4, -0.2) is 53.8 Å². The van der Waals surface area contributed by atoms with Crippen molar-refractivity contribution >= 4 is 21.9 Å². The normalized spacial score (nSPS) is 15.3. The van der Waals surface area contributed by atoms with Crippen LogP contribution in [-0.2, 0) is 48.8 Å². The van der Waals surface area contributed by atoms with Crippen molar-refractivity contribution in [3.05, 3.63) is 83.9 Å². The summed E-state index contributed by atoms with van der Waals surface area (Å²) in [5.74, 6) is -0.442. The molecule has 1 N–H and O–H groups in total. The third-order valence-corrected chi connectivity index (χ3v) is 7.86. The molecule has 11 nitrogen and oxygen atoms in total. The molecule has 1 amide bonds. The van der Waals surface area contributed by atoms with E-state index in [2.05, 4.69) is 15.4 Å². The van der Waals surface area contributed by atoms with Crippen LogP contribution in [0, 0.1) is 0 Å². The van der Waals surface area contributed by atoms with Crippen LogP contribution in [0.15, 0.2) is 71.9 Å². The van der Waals surface area contributed by atoms with Crippen molar-refractivity contribution in [3.8, 4) is 5.75 Å².